The van der Waals surface area contributed by atoms with Crippen LogP contribution in [0, 0.1) is 17.0 Å². The number of nitrogens with one attached hydrogen (secondary N) is 2. The standard InChI is InChI=1S/C12H11N3O3S/c1-8-9(4-2-5-10(8)15(17)18)13-12(16)14-11-6-3-7-19-11/h2-7H,1H3,(H2,13,14,16). The highest BCUT2D eigenvalue weighted by Crippen LogP contribution is 2.25. The Morgan fingerprint density at radius 1 is 1.26 bits per heavy atom. The van der Waals surface area contributed by atoms with Crippen molar-refractivity contribution in [2.75, 3.05) is 10.6 Å². The predicted molar refractivity (Wildman–Crippen MR) is 74.8 cm³/mol. The largest absolute Gasteiger partial charge is 0.324 e. The monoisotopic (exact) mass is 277 g/mol. The van der Waals surface area contributed by atoms with E-state index < -0.39 is 11.0 Å². The highest BCUT2D eigenvalue weighted by atomic mass is 32.1. The summed E-state index contributed by atoms with van der Waals surface area (Å²) >= 11 is 1.39. The van der Waals surface area contributed by atoms with E-state index in [1.165, 1.54) is 23.5 Å². The van der Waals surface area contributed by atoms with E-state index in [1.54, 1.807) is 19.1 Å². The van der Waals surface area contributed by atoms with Crippen LogP contribution < -0.4 is 10.6 Å². The molecule has 7 heteroatoms. The normalized spacial score (nSPS) is 9.95. The van der Waals surface area contributed by atoms with Crippen LogP contribution in [0.1, 0.15) is 5.56 Å². The number of carbonyl (C=O) groups is 1. The molecule has 0 fully saturated rings. The van der Waals surface area contributed by atoms with Crippen molar-refractivity contribution >= 4 is 33.7 Å². The Morgan fingerprint density at radius 3 is 2.68 bits per heavy atom. The van der Waals surface area contributed by atoms with Crippen LogP contribution in [-0.4, -0.2) is 11.0 Å². The SMILES string of the molecule is Cc1c(NC(=O)Nc2cccs2)cccc1[N+](=O)[O-]. The van der Waals surface area contributed by atoms with E-state index in [-0.39, 0.29) is 5.69 Å². The third-order valence-electron chi connectivity index (χ3n) is 2.51. The van der Waals surface area contributed by atoms with Crippen LogP contribution in [0.4, 0.5) is 21.2 Å². The first-order valence-electron chi connectivity index (χ1n) is 5.43. The molecular formula is C12H11N3O3S. The van der Waals surface area contributed by atoms with Gasteiger partial charge in [0.2, 0.25) is 0 Å². The van der Waals surface area contributed by atoms with E-state index >= 15 is 0 Å². The molecule has 0 saturated heterocycles. The third kappa shape index (κ3) is 3.08. The first-order chi connectivity index (χ1) is 9.08. The zero-order chi connectivity index (χ0) is 13.8. The van der Waals surface area contributed by atoms with E-state index in [0.29, 0.717) is 16.3 Å². The summed E-state index contributed by atoms with van der Waals surface area (Å²) in [4.78, 5) is 22.0. The molecule has 2 N–H and O–H groups in total. The molecule has 0 saturated carbocycles. The molecule has 0 aliphatic carbocycles. The van der Waals surface area contributed by atoms with Crippen molar-refractivity contribution in [3.8, 4) is 0 Å². The molecule has 2 aromatic rings. The molecule has 1 aromatic carbocycles. The molecule has 0 aliphatic heterocycles. The van der Waals surface area contributed by atoms with Crippen LogP contribution in [0.25, 0.3) is 0 Å². The zero-order valence-electron chi connectivity index (χ0n) is 10.0. The van der Waals surface area contributed by atoms with Gasteiger partial charge in [-0.25, -0.2) is 4.79 Å². The average Bonchev–Trinajstić information content (AvgIpc) is 2.84. The Hall–Kier alpha value is -2.41. The van der Waals surface area contributed by atoms with Gasteiger partial charge in [0.25, 0.3) is 5.69 Å². The van der Waals surface area contributed by atoms with Gasteiger partial charge in [0.1, 0.15) is 0 Å². The smallest absolute Gasteiger partial charge is 0.307 e. The van der Waals surface area contributed by atoms with Crippen LogP contribution >= 0.6 is 11.3 Å². The van der Waals surface area contributed by atoms with E-state index in [1.807, 2.05) is 11.4 Å². The van der Waals surface area contributed by atoms with Gasteiger partial charge >= 0.3 is 6.03 Å². The lowest BCUT2D eigenvalue weighted by atomic mass is 10.1. The zero-order valence-corrected chi connectivity index (χ0v) is 10.9. The number of hydrogen-bond donors (Lipinski definition) is 2. The molecule has 1 heterocycles. The second-order valence-electron chi connectivity index (χ2n) is 3.76. The summed E-state index contributed by atoms with van der Waals surface area (Å²) in [7, 11) is 0. The fourth-order valence-corrected chi connectivity index (χ4v) is 2.18. The number of anilines is 2. The maximum Gasteiger partial charge on any atom is 0.324 e. The number of rotatable bonds is 3. The van der Waals surface area contributed by atoms with Gasteiger partial charge in [-0.15, -0.1) is 11.3 Å². The Kier molecular flexibility index (Phi) is 3.76. The number of nitrogens with zero attached hydrogens (tertiary/aromatic N) is 1. The topological polar surface area (TPSA) is 84.3 Å². The molecule has 98 valence electrons. The quantitative estimate of drug-likeness (QED) is 0.664. The molecule has 19 heavy (non-hydrogen) atoms. The molecule has 0 unspecified atom stereocenters. The molecule has 1 aromatic heterocycles. The maximum absolute atomic E-state index is 11.7. The molecule has 0 aliphatic rings. The number of nitro benzene ring substituents is 1. The van der Waals surface area contributed by atoms with Crippen LogP contribution in [0.15, 0.2) is 35.7 Å². The minimum atomic E-state index is -0.475. The van der Waals surface area contributed by atoms with Gasteiger partial charge in [-0.1, -0.05) is 6.07 Å². The summed E-state index contributed by atoms with van der Waals surface area (Å²) in [6, 6.07) is 7.72. The van der Waals surface area contributed by atoms with Crippen LogP contribution in [-0.2, 0) is 0 Å². The summed E-state index contributed by atoms with van der Waals surface area (Å²) in [6.45, 7) is 1.60. The number of nitro groups is 1. The Bertz CT molecular complexity index is 611. The second-order valence-corrected chi connectivity index (χ2v) is 4.71. The van der Waals surface area contributed by atoms with Gasteiger partial charge < -0.3 is 5.32 Å². The van der Waals surface area contributed by atoms with Crippen molar-refractivity contribution in [2.45, 2.75) is 6.92 Å². The van der Waals surface area contributed by atoms with E-state index in [9.17, 15) is 14.9 Å². The summed E-state index contributed by atoms with van der Waals surface area (Å²) < 4.78 is 0. The molecule has 0 bridgehead atoms. The van der Waals surface area contributed by atoms with Gasteiger partial charge in [-0.05, 0) is 30.5 Å². The lowest BCUT2D eigenvalue weighted by Gasteiger charge is -2.08. The van der Waals surface area contributed by atoms with Crippen LogP contribution in [0.2, 0.25) is 0 Å². The van der Waals surface area contributed by atoms with E-state index in [0.717, 1.165) is 0 Å². The number of urea groups is 1. The van der Waals surface area contributed by atoms with Gasteiger partial charge in [-0.2, -0.15) is 0 Å². The highest BCUT2D eigenvalue weighted by Gasteiger charge is 2.14. The van der Waals surface area contributed by atoms with Gasteiger partial charge in [0, 0.05) is 6.07 Å². The fraction of sp³-hybridized carbons (Fsp3) is 0.0833. The number of thiophene rings is 1. The second kappa shape index (κ2) is 5.49. The molecule has 6 nitrogen and oxygen atoms in total. The highest BCUT2D eigenvalue weighted by molar-refractivity contribution is 7.14. The molecular weight excluding hydrogens is 266 g/mol. The third-order valence-corrected chi connectivity index (χ3v) is 3.29. The van der Waals surface area contributed by atoms with Crippen LogP contribution in [0.5, 0.6) is 0 Å². The molecule has 2 amide bonds. The molecule has 0 atom stereocenters. The summed E-state index contributed by atoms with van der Waals surface area (Å²) in [5, 5.41) is 18.6. The lowest BCUT2D eigenvalue weighted by molar-refractivity contribution is -0.385. The predicted octanol–water partition coefficient (Wildman–Crippen LogP) is 3.61. The van der Waals surface area contributed by atoms with Gasteiger partial charge in [0.15, 0.2) is 0 Å². The Labute approximate surface area is 113 Å². The maximum atomic E-state index is 11.7. The number of amides is 2. The average molecular weight is 277 g/mol. The lowest BCUT2D eigenvalue weighted by Crippen LogP contribution is -2.19. The van der Waals surface area contributed by atoms with Gasteiger partial charge in [0.05, 0.1) is 21.2 Å². The molecule has 0 spiro atoms. The minimum Gasteiger partial charge on any atom is -0.307 e. The molecule has 0 radical (unpaired) electrons. The van der Waals surface area contributed by atoms with E-state index in [2.05, 4.69) is 10.6 Å². The first-order valence-corrected chi connectivity index (χ1v) is 6.31. The van der Waals surface area contributed by atoms with Crippen molar-refractivity contribution in [1.29, 1.82) is 0 Å². The van der Waals surface area contributed by atoms with Gasteiger partial charge in [-0.3, -0.25) is 15.4 Å². The summed E-state index contributed by atoms with van der Waals surface area (Å²) in [6.07, 6.45) is 0. The number of hydrogen-bond acceptors (Lipinski definition) is 4. The van der Waals surface area contributed by atoms with Crippen molar-refractivity contribution < 1.29 is 9.72 Å². The Morgan fingerprint density at radius 2 is 2.05 bits per heavy atom. The van der Waals surface area contributed by atoms with Crippen molar-refractivity contribution in [2.24, 2.45) is 0 Å². The minimum absolute atomic E-state index is 0.0195. The van der Waals surface area contributed by atoms with Crippen molar-refractivity contribution in [3.63, 3.8) is 0 Å². The fourth-order valence-electron chi connectivity index (χ4n) is 1.57. The Balaban J connectivity index is 2.13. The first kappa shape index (κ1) is 13.0. The van der Waals surface area contributed by atoms with E-state index in [4.69, 9.17) is 0 Å². The summed E-state index contributed by atoms with van der Waals surface area (Å²) in [5.74, 6) is 0. The van der Waals surface area contributed by atoms with Crippen molar-refractivity contribution in [3.05, 3.63) is 51.4 Å². The number of benzene rings is 1. The summed E-state index contributed by atoms with van der Waals surface area (Å²) in [5.41, 5.74) is 0.825. The van der Waals surface area contributed by atoms with Crippen molar-refractivity contribution in [1.82, 2.24) is 0 Å². The number of carbonyl (C=O) groups excluding carboxylic acids is 1. The molecule has 2 rings (SSSR count). The van der Waals surface area contributed by atoms with Crippen LogP contribution in [0.3, 0.4) is 0 Å².